The fourth-order valence-electron chi connectivity index (χ4n) is 4.61. The van der Waals surface area contributed by atoms with E-state index in [-0.39, 0.29) is 23.2 Å². The van der Waals surface area contributed by atoms with E-state index in [2.05, 4.69) is 20.2 Å². The summed E-state index contributed by atoms with van der Waals surface area (Å²) < 4.78 is 5.37. The number of nitrogens with one attached hydrogen (secondary N) is 2. The van der Waals surface area contributed by atoms with Crippen molar-refractivity contribution in [2.45, 2.75) is 6.54 Å². The lowest BCUT2D eigenvalue weighted by Gasteiger charge is -2.27. The number of ether oxygens (including phenoxy) is 1. The van der Waals surface area contributed by atoms with Crippen LogP contribution < -0.4 is 15.6 Å². The summed E-state index contributed by atoms with van der Waals surface area (Å²) in [6.45, 7) is 2.61. The number of nitrogens with zero attached hydrogens (tertiary/aromatic N) is 3. The molecule has 5 rings (SSSR count). The average molecular weight is 546 g/mol. The van der Waals surface area contributed by atoms with Gasteiger partial charge in [0.05, 0.1) is 29.3 Å². The summed E-state index contributed by atoms with van der Waals surface area (Å²) in [4.78, 5) is 50.9. The topological polar surface area (TPSA) is 108 Å². The van der Waals surface area contributed by atoms with Gasteiger partial charge in [-0.2, -0.15) is 0 Å². The molecule has 3 heterocycles. The molecule has 10 heteroatoms. The van der Waals surface area contributed by atoms with Gasteiger partial charge in [-0.3, -0.25) is 14.4 Å². The second-order valence-electron chi connectivity index (χ2n) is 9.41. The van der Waals surface area contributed by atoms with E-state index in [9.17, 15) is 14.4 Å². The monoisotopic (exact) mass is 545 g/mol. The lowest BCUT2D eigenvalue weighted by Crippen LogP contribution is -2.36. The lowest BCUT2D eigenvalue weighted by atomic mass is 9.99. The van der Waals surface area contributed by atoms with Gasteiger partial charge in [-0.05, 0) is 29.8 Å². The number of H-pyrrole nitrogens is 1. The minimum absolute atomic E-state index is 0.0954. The smallest absolute Gasteiger partial charge is 0.270 e. The van der Waals surface area contributed by atoms with E-state index >= 15 is 0 Å². The number of morpholine rings is 1. The molecule has 0 saturated carbocycles. The molecule has 4 aromatic rings. The first-order valence-electron chi connectivity index (χ1n) is 12.6. The number of halogens is 1. The highest BCUT2D eigenvalue weighted by Gasteiger charge is 2.23. The van der Waals surface area contributed by atoms with E-state index in [1.165, 1.54) is 11.1 Å². The first kappa shape index (κ1) is 26.4. The van der Waals surface area contributed by atoms with Crippen molar-refractivity contribution in [1.82, 2.24) is 20.2 Å². The molecule has 2 aromatic carbocycles. The van der Waals surface area contributed by atoms with Gasteiger partial charge in [0.15, 0.2) is 5.43 Å². The molecule has 0 bridgehead atoms. The number of carbonyl (C=O) groups excluding carboxylic acids is 2. The van der Waals surface area contributed by atoms with Crippen molar-refractivity contribution in [3.05, 3.63) is 92.9 Å². The van der Waals surface area contributed by atoms with Crippen molar-refractivity contribution >= 4 is 40.1 Å². The van der Waals surface area contributed by atoms with Crippen LogP contribution in [0.4, 0.5) is 5.82 Å². The van der Waals surface area contributed by atoms with Crippen LogP contribution in [-0.4, -0.2) is 67.1 Å². The van der Waals surface area contributed by atoms with Crippen LogP contribution in [0.2, 0.25) is 5.02 Å². The van der Waals surface area contributed by atoms with Crippen LogP contribution in [0.1, 0.15) is 26.4 Å². The van der Waals surface area contributed by atoms with E-state index < -0.39 is 11.8 Å². The number of rotatable bonds is 6. The number of pyridine rings is 2. The summed E-state index contributed by atoms with van der Waals surface area (Å²) in [6.07, 6.45) is 1.50. The Morgan fingerprint density at radius 2 is 1.82 bits per heavy atom. The number of hydrogen-bond donors (Lipinski definition) is 2. The van der Waals surface area contributed by atoms with Gasteiger partial charge < -0.3 is 24.8 Å². The van der Waals surface area contributed by atoms with Crippen molar-refractivity contribution < 1.29 is 14.3 Å². The Hall–Kier alpha value is -4.21. The molecule has 1 saturated heterocycles. The molecule has 39 heavy (non-hydrogen) atoms. The van der Waals surface area contributed by atoms with Crippen LogP contribution in [0.5, 0.6) is 0 Å². The Kier molecular flexibility index (Phi) is 7.63. The third kappa shape index (κ3) is 5.36. The molecule has 1 fully saturated rings. The Bertz CT molecular complexity index is 1580. The molecule has 1 aliphatic heterocycles. The number of anilines is 1. The van der Waals surface area contributed by atoms with Crippen LogP contribution in [0.3, 0.4) is 0 Å². The van der Waals surface area contributed by atoms with Gasteiger partial charge in [0.1, 0.15) is 11.5 Å². The minimum Gasteiger partial charge on any atom is -0.378 e. The summed E-state index contributed by atoms with van der Waals surface area (Å²) in [5.74, 6) is -0.0267. The maximum atomic E-state index is 13.7. The van der Waals surface area contributed by atoms with Crippen LogP contribution >= 0.6 is 11.6 Å². The number of hydrogen-bond acceptors (Lipinski definition) is 6. The van der Waals surface area contributed by atoms with Crippen LogP contribution in [0, 0.1) is 0 Å². The van der Waals surface area contributed by atoms with Gasteiger partial charge in [0, 0.05) is 56.4 Å². The van der Waals surface area contributed by atoms with Crippen LogP contribution in [0.25, 0.3) is 22.0 Å². The molecule has 0 atom stereocenters. The number of fused-ring (bicyclic) bond motifs is 1. The number of aromatic amines is 1. The van der Waals surface area contributed by atoms with Gasteiger partial charge in [0.25, 0.3) is 11.8 Å². The molecule has 2 aromatic heterocycles. The van der Waals surface area contributed by atoms with E-state index in [4.69, 9.17) is 16.3 Å². The molecule has 0 unspecified atom stereocenters. The normalized spacial score (nSPS) is 13.4. The van der Waals surface area contributed by atoms with E-state index in [0.29, 0.717) is 40.3 Å². The molecular formula is C29H28ClN5O4. The maximum Gasteiger partial charge on any atom is 0.270 e. The molecule has 2 N–H and O–H groups in total. The highest BCUT2D eigenvalue weighted by molar-refractivity contribution is 6.35. The highest BCUT2D eigenvalue weighted by Crippen LogP contribution is 2.33. The SMILES string of the molecule is CN(C)C(=O)c1[nH]c2c(-c3ccccc3)c(Cl)ccc2c(=O)c1CNC(=O)c1ccc(N2CCOCC2)nc1. The maximum absolute atomic E-state index is 13.7. The van der Waals surface area contributed by atoms with Gasteiger partial charge in [-0.1, -0.05) is 41.9 Å². The van der Waals surface area contributed by atoms with Gasteiger partial charge >= 0.3 is 0 Å². The minimum atomic E-state index is -0.403. The van der Waals surface area contributed by atoms with Crippen molar-refractivity contribution in [3.8, 4) is 11.1 Å². The fourth-order valence-corrected chi connectivity index (χ4v) is 4.87. The first-order chi connectivity index (χ1) is 18.8. The van der Waals surface area contributed by atoms with Gasteiger partial charge in [0.2, 0.25) is 0 Å². The molecular weight excluding hydrogens is 518 g/mol. The predicted octanol–water partition coefficient (Wildman–Crippen LogP) is 3.71. The van der Waals surface area contributed by atoms with E-state index in [1.54, 1.807) is 38.4 Å². The van der Waals surface area contributed by atoms with E-state index in [1.807, 2.05) is 30.3 Å². The van der Waals surface area contributed by atoms with E-state index in [0.717, 1.165) is 24.5 Å². The third-order valence-corrected chi connectivity index (χ3v) is 6.99. The summed E-state index contributed by atoms with van der Waals surface area (Å²) in [6, 6.07) is 16.2. The molecule has 2 amide bonds. The van der Waals surface area contributed by atoms with Crippen molar-refractivity contribution in [2.24, 2.45) is 0 Å². The van der Waals surface area contributed by atoms with Gasteiger partial charge in [-0.15, -0.1) is 0 Å². The largest absolute Gasteiger partial charge is 0.378 e. The van der Waals surface area contributed by atoms with Gasteiger partial charge in [-0.25, -0.2) is 4.98 Å². The summed E-state index contributed by atoms with van der Waals surface area (Å²) in [5.41, 5.74) is 2.14. The second kappa shape index (κ2) is 11.3. The molecule has 0 aliphatic carbocycles. The predicted molar refractivity (Wildman–Crippen MR) is 151 cm³/mol. The molecule has 0 spiro atoms. The Labute approximate surface area is 230 Å². The number of aromatic nitrogens is 2. The highest BCUT2D eigenvalue weighted by atomic mass is 35.5. The molecule has 200 valence electrons. The third-order valence-electron chi connectivity index (χ3n) is 6.68. The lowest BCUT2D eigenvalue weighted by molar-refractivity contribution is 0.0819. The fraction of sp³-hybridized carbons (Fsp3) is 0.241. The quantitative estimate of drug-likeness (QED) is 0.382. The van der Waals surface area contributed by atoms with Crippen molar-refractivity contribution in [2.75, 3.05) is 45.3 Å². The zero-order valence-corrected chi connectivity index (χ0v) is 22.4. The number of amides is 2. The van der Waals surface area contributed by atoms with Crippen molar-refractivity contribution in [1.29, 1.82) is 0 Å². The number of benzene rings is 2. The molecule has 0 radical (unpaired) electrons. The number of carbonyl (C=O) groups is 2. The first-order valence-corrected chi connectivity index (χ1v) is 12.9. The summed E-state index contributed by atoms with van der Waals surface area (Å²) >= 11 is 6.57. The summed E-state index contributed by atoms with van der Waals surface area (Å²) in [7, 11) is 3.20. The van der Waals surface area contributed by atoms with Crippen molar-refractivity contribution in [3.63, 3.8) is 0 Å². The zero-order valence-electron chi connectivity index (χ0n) is 21.7. The van der Waals surface area contributed by atoms with Crippen LogP contribution in [0.15, 0.2) is 65.6 Å². The standard InChI is InChI=1S/C29H28ClN5O4/c1-34(2)29(38)26-21(17-32-28(37)19-8-11-23(31-16-19)35-12-14-39-15-13-35)27(36)20-9-10-22(30)24(25(20)33-26)18-6-4-3-5-7-18/h3-11,16H,12-15,17H2,1-2H3,(H,32,37)(H,33,36). The molecule has 1 aliphatic rings. The summed E-state index contributed by atoms with van der Waals surface area (Å²) in [5, 5.41) is 3.60. The average Bonchev–Trinajstić information content (AvgIpc) is 2.96. The Balaban J connectivity index is 1.49. The Morgan fingerprint density at radius 1 is 1.08 bits per heavy atom. The molecule has 9 nitrogen and oxygen atoms in total. The second-order valence-corrected chi connectivity index (χ2v) is 9.81. The zero-order chi connectivity index (χ0) is 27.5. The Morgan fingerprint density at radius 3 is 2.49 bits per heavy atom. The van der Waals surface area contributed by atoms with Crippen LogP contribution in [-0.2, 0) is 11.3 Å².